The number of carbonyl (C=O) groups is 1. The van der Waals surface area contributed by atoms with Crippen molar-refractivity contribution in [1.82, 2.24) is 4.72 Å². The third-order valence-electron chi connectivity index (χ3n) is 2.86. The molecule has 1 rings (SSSR count). The molecule has 0 amide bonds. The highest BCUT2D eigenvalue weighted by atomic mass is 32.2. The second-order valence-electron chi connectivity index (χ2n) is 5.30. The van der Waals surface area contributed by atoms with Gasteiger partial charge in [0.1, 0.15) is 0 Å². The van der Waals surface area contributed by atoms with Gasteiger partial charge in [-0.1, -0.05) is 13.8 Å². The Hall–Kier alpha value is -2.00. The number of nitro benzene ring substituents is 1. The van der Waals surface area contributed by atoms with Crippen LogP contribution in [0.1, 0.15) is 26.7 Å². The molecule has 0 aliphatic carbocycles. The van der Waals surface area contributed by atoms with Crippen molar-refractivity contribution in [3.63, 3.8) is 0 Å². The monoisotopic (exact) mass is 330 g/mol. The molecule has 2 N–H and O–H groups in total. The van der Waals surface area contributed by atoms with Gasteiger partial charge < -0.3 is 5.11 Å². The van der Waals surface area contributed by atoms with Crippen LogP contribution >= 0.6 is 0 Å². The lowest BCUT2D eigenvalue weighted by Crippen LogP contribution is -2.37. The first-order valence-corrected chi connectivity index (χ1v) is 8.08. The molecule has 0 spiro atoms. The second-order valence-corrected chi connectivity index (χ2v) is 7.01. The van der Waals surface area contributed by atoms with E-state index in [1.54, 1.807) is 0 Å². The molecule has 0 saturated heterocycles. The number of nitrogens with zero attached hydrogens (tertiary/aromatic N) is 1. The lowest BCUT2D eigenvalue weighted by atomic mass is 10.0. The number of nitro groups is 1. The van der Waals surface area contributed by atoms with Gasteiger partial charge in [-0.25, -0.2) is 13.1 Å². The normalized spacial score (nSPS) is 13.0. The van der Waals surface area contributed by atoms with Crippen LogP contribution in [0.3, 0.4) is 0 Å². The molecular formula is C13H18N2O6S. The van der Waals surface area contributed by atoms with Crippen molar-refractivity contribution in [2.75, 3.05) is 0 Å². The summed E-state index contributed by atoms with van der Waals surface area (Å²) in [6.45, 7) is 3.71. The number of sulfonamides is 1. The smallest absolute Gasteiger partial charge is 0.304 e. The van der Waals surface area contributed by atoms with E-state index in [-0.39, 0.29) is 22.9 Å². The van der Waals surface area contributed by atoms with E-state index in [0.717, 1.165) is 24.3 Å². The van der Waals surface area contributed by atoms with Gasteiger partial charge in [0.05, 0.1) is 16.2 Å². The Morgan fingerprint density at radius 3 is 2.27 bits per heavy atom. The zero-order valence-corrected chi connectivity index (χ0v) is 13.0. The van der Waals surface area contributed by atoms with Crippen LogP contribution in [-0.2, 0) is 14.8 Å². The summed E-state index contributed by atoms with van der Waals surface area (Å²) >= 11 is 0. The van der Waals surface area contributed by atoms with Crippen LogP contribution in [0.2, 0.25) is 0 Å². The van der Waals surface area contributed by atoms with Crippen LogP contribution in [0.25, 0.3) is 0 Å². The molecule has 0 heterocycles. The summed E-state index contributed by atoms with van der Waals surface area (Å²) < 4.78 is 26.8. The molecule has 0 unspecified atom stereocenters. The molecule has 122 valence electrons. The largest absolute Gasteiger partial charge is 0.481 e. The SMILES string of the molecule is CC(C)C[C@@H](CC(=O)O)NS(=O)(=O)c1ccc([N+](=O)[O-])cc1. The number of benzene rings is 1. The van der Waals surface area contributed by atoms with Crippen LogP contribution in [0.5, 0.6) is 0 Å². The summed E-state index contributed by atoms with van der Waals surface area (Å²) in [5, 5.41) is 19.4. The molecule has 1 aromatic rings. The Bertz CT molecular complexity index is 639. The maximum absolute atomic E-state index is 12.2. The van der Waals surface area contributed by atoms with Crippen LogP contribution in [0.15, 0.2) is 29.2 Å². The molecule has 0 saturated carbocycles. The van der Waals surface area contributed by atoms with Crippen molar-refractivity contribution in [1.29, 1.82) is 0 Å². The summed E-state index contributed by atoms with van der Waals surface area (Å²) in [4.78, 5) is 20.6. The minimum Gasteiger partial charge on any atom is -0.481 e. The Kier molecular flexibility index (Phi) is 6.01. The fourth-order valence-electron chi connectivity index (χ4n) is 1.99. The number of carboxylic acid groups (broad SMARTS) is 1. The molecule has 0 fully saturated rings. The van der Waals surface area contributed by atoms with Crippen LogP contribution in [-0.4, -0.2) is 30.5 Å². The van der Waals surface area contributed by atoms with Crippen LogP contribution in [0.4, 0.5) is 5.69 Å². The molecule has 1 aromatic carbocycles. The molecule has 0 aliphatic rings. The first-order chi connectivity index (χ1) is 10.1. The predicted octanol–water partition coefficient (Wildman–Crippen LogP) is 1.76. The minimum atomic E-state index is -3.93. The summed E-state index contributed by atoms with van der Waals surface area (Å²) in [6.07, 6.45) is 0.0445. The molecule has 1 atom stereocenters. The van der Waals surface area contributed by atoms with Crippen molar-refractivity contribution < 1.29 is 23.2 Å². The van der Waals surface area contributed by atoms with Crippen molar-refractivity contribution in [3.05, 3.63) is 34.4 Å². The molecule has 9 heteroatoms. The second kappa shape index (κ2) is 7.32. The maximum atomic E-state index is 12.2. The number of hydrogen-bond donors (Lipinski definition) is 2. The quantitative estimate of drug-likeness (QED) is 0.552. The van der Waals surface area contributed by atoms with Crippen molar-refractivity contribution in [3.8, 4) is 0 Å². The zero-order valence-electron chi connectivity index (χ0n) is 12.2. The average Bonchev–Trinajstić information content (AvgIpc) is 2.36. The Labute approximate surface area is 128 Å². The lowest BCUT2D eigenvalue weighted by Gasteiger charge is -2.18. The predicted molar refractivity (Wildman–Crippen MR) is 78.9 cm³/mol. The molecular weight excluding hydrogens is 312 g/mol. The number of carboxylic acids is 1. The molecule has 0 aromatic heterocycles. The van der Waals surface area contributed by atoms with Gasteiger partial charge in [0.15, 0.2) is 0 Å². The van der Waals surface area contributed by atoms with Crippen molar-refractivity contribution in [2.24, 2.45) is 5.92 Å². The Morgan fingerprint density at radius 2 is 1.86 bits per heavy atom. The highest BCUT2D eigenvalue weighted by Crippen LogP contribution is 2.17. The average molecular weight is 330 g/mol. The van der Waals surface area contributed by atoms with Gasteiger partial charge in [0, 0.05) is 18.2 Å². The molecule has 0 aliphatic heterocycles. The van der Waals surface area contributed by atoms with E-state index in [1.165, 1.54) is 0 Å². The van der Waals surface area contributed by atoms with E-state index >= 15 is 0 Å². The molecule has 22 heavy (non-hydrogen) atoms. The first kappa shape index (κ1) is 18.1. The lowest BCUT2D eigenvalue weighted by molar-refractivity contribution is -0.384. The summed E-state index contributed by atoms with van der Waals surface area (Å²) in [7, 11) is -3.93. The first-order valence-electron chi connectivity index (χ1n) is 6.60. The van der Waals surface area contributed by atoms with Crippen molar-refractivity contribution >= 4 is 21.7 Å². The highest BCUT2D eigenvalue weighted by molar-refractivity contribution is 7.89. The van der Waals surface area contributed by atoms with Gasteiger partial charge >= 0.3 is 5.97 Å². The van der Waals surface area contributed by atoms with E-state index in [4.69, 9.17) is 5.11 Å². The zero-order chi connectivity index (χ0) is 16.9. The van der Waals surface area contributed by atoms with Gasteiger partial charge in [-0.15, -0.1) is 0 Å². The topological polar surface area (TPSA) is 127 Å². The third kappa shape index (κ3) is 5.41. The van der Waals surface area contributed by atoms with E-state index < -0.39 is 27.0 Å². The van der Waals surface area contributed by atoms with Crippen molar-refractivity contribution in [2.45, 2.75) is 37.6 Å². The standard InChI is InChI=1S/C13H18N2O6S/c1-9(2)7-10(8-13(16)17)14-22(20,21)12-5-3-11(4-6-12)15(18)19/h3-6,9-10,14H,7-8H2,1-2H3,(H,16,17)/t10-/m0/s1. The molecule has 0 bridgehead atoms. The molecule has 0 radical (unpaired) electrons. The van der Waals surface area contributed by atoms with E-state index in [1.807, 2.05) is 13.8 Å². The Balaban J connectivity index is 2.95. The number of nitrogens with one attached hydrogen (secondary N) is 1. The third-order valence-corrected chi connectivity index (χ3v) is 4.39. The minimum absolute atomic E-state index is 0.115. The van der Waals surface area contributed by atoms with Gasteiger partial charge in [0.25, 0.3) is 5.69 Å². The maximum Gasteiger partial charge on any atom is 0.304 e. The van der Waals surface area contributed by atoms with E-state index in [9.17, 15) is 23.3 Å². The number of aliphatic carboxylic acids is 1. The van der Waals surface area contributed by atoms with Gasteiger partial charge in [-0.05, 0) is 24.5 Å². The van der Waals surface area contributed by atoms with E-state index in [0.29, 0.717) is 6.42 Å². The summed E-state index contributed by atoms with van der Waals surface area (Å²) in [6, 6.07) is 3.67. The Morgan fingerprint density at radius 1 is 1.32 bits per heavy atom. The fraction of sp³-hybridized carbons (Fsp3) is 0.462. The number of rotatable bonds is 8. The van der Waals surface area contributed by atoms with Gasteiger partial charge in [-0.3, -0.25) is 14.9 Å². The van der Waals surface area contributed by atoms with Gasteiger partial charge in [0.2, 0.25) is 10.0 Å². The molecule has 8 nitrogen and oxygen atoms in total. The fourth-order valence-corrected chi connectivity index (χ4v) is 3.24. The highest BCUT2D eigenvalue weighted by Gasteiger charge is 2.23. The number of hydrogen-bond acceptors (Lipinski definition) is 5. The van der Waals surface area contributed by atoms with E-state index in [2.05, 4.69) is 4.72 Å². The van der Waals surface area contributed by atoms with Crippen LogP contribution in [0, 0.1) is 16.0 Å². The van der Waals surface area contributed by atoms with Gasteiger partial charge in [-0.2, -0.15) is 0 Å². The number of non-ortho nitro benzene ring substituents is 1. The summed E-state index contributed by atoms with van der Waals surface area (Å²) in [5.74, 6) is -0.985. The summed E-state index contributed by atoms with van der Waals surface area (Å²) in [5.41, 5.74) is -0.219. The van der Waals surface area contributed by atoms with Crippen LogP contribution < -0.4 is 4.72 Å².